The van der Waals surface area contributed by atoms with Gasteiger partial charge in [-0.1, -0.05) is 84.1 Å². The van der Waals surface area contributed by atoms with Crippen molar-refractivity contribution in [1.82, 2.24) is 9.97 Å². The zero-order valence-electron chi connectivity index (χ0n) is 30.5. The van der Waals surface area contributed by atoms with Gasteiger partial charge in [0, 0.05) is 65.1 Å². The Balaban J connectivity index is 1.01. The van der Waals surface area contributed by atoms with Crippen LogP contribution in [-0.2, 0) is 0 Å². The van der Waals surface area contributed by atoms with Crippen molar-refractivity contribution >= 4 is 109 Å². The van der Waals surface area contributed by atoms with Crippen molar-refractivity contribution in [2.24, 2.45) is 0 Å². The van der Waals surface area contributed by atoms with E-state index in [2.05, 4.69) is 190 Å². The normalized spacial score (nSPS) is 11.5. The predicted molar refractivity (Wildman–Crippen MR) is 246 cm³/mol. The fraction of sp³-hybridized carbons (Fsp3) is 0. The third kappa shape index (κ3) is 6.32. The van der Waals surface area contributed by atoms with Crippen molar-refractivity contribution < 1.29 is 0 Å². The van der Waals surface area contributed by atoms with Crippen molar-refractivity contribution in [3.05, 3.63) is 194 Å². The van der Waals surface area contributed by atoms with Gasteiger partial charge in [0.15, 0.2) is 0 Å². The summed E-state index contributed by atoms with van der Waals surface area (Å²) in [5.41, 5.74) is 8.72. The first-order chi connectivity index (χ1) is 28.2. The van der Waals surface area contributed by atoms with Crippen LogP contribution < -0.4 is 9.80 Å². The van der Waals surface area contributed by atoms with E-state index < -0.39 is 0 Å². The number of aromatic nitrogens is 2. The van der Waals surface area contributed by atoms with E-state index in [0.717, 1.165) is 54.6 Å². The van der Waals surface area contributed by atoms with E-state index in [4.69, 9.17) is 0 Å². The molecule has 0 unspecified atom stereocenters. The van der Waals surface area contributed by atoms with Gasteiger partial charge < -0.3 is 9.80 Å². The van der Waals surface area contributed by atoms with Crippen LogP contribution in [0.4, 0.5) is 32.8 Å². The molecule has 0 saturated carbocycles. The maximum Gasteiger partial charge on any atom is 0.102 e. The van der Waals surface area contributed by atoms with Crippen LogP contribution in [0.2, 0.25) is 0 Å². The summed E-state index contributed by atoms with van der Waals surface area (Å²) in [4.78, 5) is 16.5. The van der Waals surface area contributed by atoms with Crippen molar-refractivity contribution in [2.45, 2.75) is 0 Å². The number of anilines is 6. The van der Waals surface area contributed by atoms with Gasteiger partial charge in [-0.3, -0.25) is 9.97 Å². The molecule has 6 aromatic carbocycles. The molecule has 0 saturated heterocycles. The fourth-order valence-electron chi connectivity index (χ4n) is 7.57. The van der Waals surface area contributed by atoms with E-state index in [9.17, 15) is 0 Å². The minimum Gasteiger partial charge on any atom is -0.302 e. The Labute approximate surface area is 341 Å². The van der Waals surface area contributed by atoms with Gasteiger partial charge in [-0.25, -0.2) is 0 Å². The number of thiophene rings is 3. The summed E-state index contributed by atoms with van der Waals surface area (Å²) in [6.07, 6.45) is 3.70. The summed E-state index contributed by atoms with van der Waals surface area (Å²) < 4.78 is 2.60. The Morgan fingerprint density at radius 3 is 1.21 bits per heavy atom. The molecule has 7 heteroatoms. The topological polar surface area (TPSA) is 32.3 Å². The summed E-state index contributed by atoms with van der Waals surface area (Å²) in [6, 6.07) is 65.6. The maximum absolute atomic E-state index is 4.62. The number of hydrogen-bond acceptors (Lipinski definition) is 7. The van der Waals surface area contributed by atoms with Gasteiger partial charge in [-0.05, 0) is 131 Å². The van der Waals surface area contributed by atoms with Crippen molar-refractivity contribution in [3.63, 3.8) is 0 Å². The van der Waals surface area contributed by atoms with E-state index in [1.165, 1.54) is 41.1 Å². The highest BCUT2D eigenvalue weighted by Gasteiger charge is 2.21. The molecule has 0 radical (unpaired) electrons. The molecule has 57 heavy (non-hydrogen) atoms. The summed E-state index contributed by atoms with van der Waals surface area (Å²) in [5, 5.41) is 6.98. The van der Waals surface area contributed by atoms with Crippen LogP contribution in [0.1, 0.15) is 0 Å². The lowest BCUT2D eigenvalue weighted by Gasteiger charge is -2.26. The second kappa shape index (κ2) is 14.1. The summed E-state index contributed by atoms with van der Waals surface area (Å²) in [5.74, 6) is 0. The molecule has 270 valence electrons. The maximum atomic E-state index is 4.62. The van der Waals surface area contributed by atoms with E-state index in [1.807, 2.05) is 47.2 Å². The zero-order valence-corrected chi connectivity index (χ0v) is 32.9. The van der Waals surface area contributed by atoms with Crippen LogP contribution in [0.25, 0.3) is 62.9 Å². The molecule has 5 aromatic heterocycles. The van der Waals surface area contributed by atoms with E-state index in [1.54, 1.807) is 11.3 Å². The molecule has 5 heterocycles. The second-order valence-electron chi connectivity index (χ2n) is 13.9. The molecule has 11 aromatic rings. The van der Waals surface area contributed by atoms with E-state index in [0.29, 0.717) is 0 Å². The van der Waals surface area contributed by atoms with E-state index >= 15 is 0 Å². The number of benzene rings is 6. The van der Waals surface area contributed by atoms with Gasteiger partial charge in [0.25, 0.3) is 0 Å². The second-order valence-corrected chi connectivity index (χ2v) is 17.1. The van der Waals surface area contributed by atoms with E-state index in [-0.39, 0.29) is 0 Å². The molecule has 4 nitrogen and oxygen atoms in total. The molecule has 0 amide bonds. The SMILES string of the molecule is c1cnc2ccc(N(c3ccc(-c4cc5ccccc5s4)cc3)c3ccc(N(c4ccc(-c5cc6ccccc6s5)cc4)c4ccc5ncccc5c4)s3)cc2c1. The first-order valence-electron chi connectivity index (χ1n) is 18.8. The van der Waals surface area contributed by atoms with Crippen LogP contribution >= 0.6 is 34.0 Å². The summed E-state index contributed by atoms with van der Waals surface area (Å²) in [6.45, 7) is 0. The third-order valence-corrected chi connectivity index (χ3v) is 13.8. The number of hydrogen-bond donors (Lipinski definition) is 0. The molecule has 0 aliphatic rings. The van der Waals surface area contributed by atoms with Gasteiger partial charge in [0.05, 0.1) is 11.0 Å². The first-order valence-corrected chi connectivity index (χ1v) is 21.2. The highest BCUT2D eigenvalue weighted by atomic mass is 32.1. The summed E-state index contributed by atoms with van der Waals surface area (Å²) in [7, 11) is 0. The average Bonchev–Trinajstić information content (AvgIpc) is 4.04. The van der Waals surface area contributed by atoms with Gasteiger partial charge in [-0.15, -0.1) is 22.7 Å². The average molecular weight is 785 g/mol. The van der Waals surface area contributed by atoms with Crippen molar-refractivity contribution in [2.75, 3.05) is 9.80 Å². The number of rotatable bonds is 8. The summed E-state index contributed by atoms with van der Waals surface area (Å²) >= 11 is 5.44. The zero-order chi connectivity index (χ0) is 37.7. The largest absolute Gasteiger partial charge is 0.302 e. The smallest absolute Gasteiger partial charge is 0.102 e. The van der Waals surface area contributed by atoms with Crippen LogP contribution in [0.15, 0.2) is 194 Å². The molecular weight excluding hydrogens is 753 g/mol. The van der Waals surface area contributed by atoms with Crippen LogP contribution in [0.3, 0.4) is 0 Å². The number of fused-ring (bicyclic) bond motifs is 4. The lowest BCUT2D eigenvalue weighted by molar-refractivity contribution is 1.31. The molecule has 0 spiro atoms. The highest BCUT2D eigenvalue weighted by molar-refractivity contribution is 7.22. The van der Waals surface area contributed by atoms with Gasteiger partial charge >= 0.3 is 0 Å². The molecule has 0 aliphatic heterocycles. The van der Waals surface area contributed by atoms with Crippen LogP contribution in [0.5, 0.6) is 0 Å². The van der Waals surface area contributed by atoms with Crippen molar-refractivity contribution in [3.8, 4) is 20.9 Å². The Morgan fingerprint density at radius 2 is 0.754 bits per heavy atom. The molecule has 0 bridgehead atoms. The Morgan fingerprint density at radius 1 is 0.333 bits per heavy atom. The standard InChI is InChI=1S/C50H32N4S3/c1-3-11-45-37(7-1)31-47(55-45)33-13-17-39(18-14-33)53(41-21-23-43-35(29-41)9-5-27-51-43)49-25-26-50(57-49)54(42-22-24-44-36(30-42)10-6-28-52-44)40-19-15-34(16-20-40)48-32-38-8-2-4-12-46(38)56-48/h1-32H. The monoisotopic (exact) mass is 784 g/mol. The molecule has 0 N–H and O–H groups in total. The molecule has 0 aliphatic carbocycles. The Bertz CT molecular complexity index is 2930. The van der Waals surface area contributed by atoms with Crippen LogP contribution in [-0.4, -0.2) is 9.97 Å². The van der Waals surface area contributed by atoms with Gasteiger partial charge in [0.2, 0.25) is 0 Å². The van der Waals surface area contributed by atoms with Crippen LogP contribution in [0, 0.1) is 0 Å². The van der Waals surface area contributed by atoms with Crippen molar-refractivity contribution in [1.29, 1.82) is 0 Å². The third-order valence-electron chi connectivity index (χ3n) is 10.4. The molecule has 11 rings (SSSR count). The number of nitrogens with zero attached hydrogens (tertiary/aromatic N) is 4. The first kappa shape index (κ1) is 33.7. The predicted octanol–water partition coefficient (Wildman–Crippen LogP) is 15.5. The molecule has 0 atom stereocenters. The lowest BCUT2D eigenvalue weighted by atomic mass is 10.1. The molecule has 0 fully saturated rings. The fourth-order valence-corrected chi connectivity index (χ4v) is 10.8. The Kier molecular flexibility index (Phi) is 8.35. The van der Waals surface area contributed by atoms with Gasteiger partial charge in [0.1, 0.15) is 10.0 Å². The quantitative estimate of drug-likeness (QED) is 0.154. The van der Waals surface area contributed by atoms with Gasteiger partial charge in [-0.2, -0.15) is 0 Å². The highest BCUT2D eigenvalue weighted by Crippen LogP contribution is 2.47. The lowest BCUT2D eigenvalue weighted by Crippen LogP contribution is -2.09. The minimum atomic E-state index is 0.976. The number of pyridine rings is 2. The minimum absolute atomic E-state index is 0.976. The molecular formula is C50H32N4S3. The Hall–Kier alpha value is -6.64.